The number of aliphatic carboxylic acids is 1. The summed E-state index contributed by atoms with van der Waals surface area (Å²) in [6.07, 6.45) is 0.288. The molecule has 40 heavy (non-hydrogen) atoms. The first kappa shape index (κ1) is 29.2. The van der Waals surface area contributed by atoms with Crippen LogP contribution >= 0.6 is 0 Å². The molecule has 0 radical (unpaired) electrons. The number of aromatic nitrogens is 2. The van der Waals surface area contributed by atoms with Crippen molar-refractivity contribution >= 4 is 11.9 Å². The average Bonchev–Trinajstić information content (AvgIpc) is 3.38. The van der Waals surface area contributed by atoms with E-state index < -0.39 is 17.7 Å². The van der Waals surface area contributed by atoms with Crippen molar-refractivity contribution in [1.82, 2.24) is 14.7 Å². The summed E-state index contributed by atoms with van der Waals surface area (Å²) in [4.78, 5) is 25.9. The molecule has 1 aliphatic rings. The number of benzene rings is 2. The first-order valence-corrected chi connectivity index (χ1v) is 13.5. The normalized spacial score (nSPS) is 16.6. The molecule has 2 atom stereocenters. The lowest BCUT2D eigenvalue weighted by atomic mass is 9.94. The molecule has 1 saturated heterocycles. The standard InChI is InChI=1S/C30H34F3N3O4/c1-4-6-26(22-8-10-23(11-9-22)29(39)35-12-5-7-21(17-35)15-27(37)38)40-25-13-19(2)28(20(3)14-25)36-18-24(16-34-36)30(31,32)33/h8-11,13-14,16,18,21,26H,4-7,12,15,17H2,1-3H3,(H,37,38)/t21?,26-/m0/s1. The highest BCUT2D eigenvalue weighted by Gasteiger charge is 2.32. The Bertz CT molecular complexity index is 1330. The lowest BCUT2D eigenvalue weighted by Gasteiger charge is -2.32. The Morgan fingerprint density at radius 2 is 1.82 bits per heavy atom. The number of carboxylic acid groups (broad SMARTS) is 1. The number of hydrogen-bond donors (Lipinski definition) is 1. The van der Waals surface area contributed by atoms with Crippen molar-refractivity contribution in [1.29, 1.82) is 0 Å². The van der Waals surface area contributed by atoms with E-state index in [0.29, 0.717) is 30.1 Å². The molecule has 1 aromatic heterocycles. The summed E-state index contributed by atoms with van der Waals surface area (Å²) in [5.41, 5.74) is 2.67. The third-order valence-corrected chi connectivity index (χ3v) is 7.23. The topological polar surface area (TPSA) is 84.7 Å². The van der Waals surface area contributed by atoms with Crippen molar-refractivity contribution in [3.05, 3.63) is 76.6 Å². The Labute approximate surface area is 231 Å². The summed E-state index contributed by atoms with van der Waals surface area (Å²) in [5, 5.41) is 13.0. The van der Waals surface area contributed by atoms with Crippen LogP contribution in [0.1, 0.15) is 77.7 Å². The maximum Gasteiger partial charge on any atom is 0.419 e. The van der Waals surface area contributed by atoms with E-state index in [2.05, 4.69) is 5.10 Å². The van der Waals surface area contributed by atoms with Gasteiger partial charge >= 0.3 is 12.1 Å². The summed E-state index contributed by atoms with van der Waals surface area (Å²) >= 11 is 0. The average molecular weight is 558 g/mol. The summed E-state index contributed by atoms with van der Waals surface area (Å²) in [7, 11) is 0. The molecule has 3 aromatic rings. The van der Waals surface area contributed by atoms with Gasteiger partial charge < -0.3 is 14.7 Å². The predicted molar refractivity (Wildman–Crippen MR) is 144 cm³/mol. The zero-order chi connectivity index (χ0) is 29.0. The molecule has 0 saturated carbocycles. The number of aryl methyl sites for hydroxylation is 2. The van der Waals surface area contributed by atoms with Crippen molar-refractivity contribution in [2.24, 2.45) is 5.92 Å². The minimum atomic E-state index is -4.47. The molecule has 1 amide bonds. The zero-order valence-electron chi connectivity index (χ0n) is 22.9. The van der Waals surface area contributed by atoms with Gasteiger partial charge in [0.1, 0.15) is 11.9 Å². The van der Waals surface area contributed by atoms with Crippen molar-refractivity contribution < 1.29 is 32.6 Å². The van der Waals surface area contributed by atoms with E-state index in [0.717, 1.165) is 54.8 Å². The van der Waals surface area contributed by atoms with Gasteiger partial charge in [-0.05, 0) is 80.0 Å². The Kier molecular flexibility index (Phi) is 8.85. The molecular formula is C30H34F3N3O4. The molecule has 10 heteroatoms. The number of halogens is 3. The number of carboxylic acids is 1. The molecule has 1 fully saturated rings. The van der Waals surface area contributed by atoms with Crippen molar-refractivity contribution in [2.45, 2.75) is 65.2 Å². The van der Waals surface area contributed by atoms with Crippen LogP contribution < -0.4 is 4.74 Å². The van der Waals surface area contributed by atoms with Gasteiger partial charge in [0.2, 0.25) is 0 Å². The number of carbonyl (C=O) groups is 2. The molecule has 214 valence electrons. The van der Waals surface area contributed by atoms with Crippen LogP contribution in [0.5, 0.6) is 5.75 Å². The number of nitrogens with zero attached hydrogens (tertiary/aromatic N) is 3. The van der Waals surface area contributed by atoms with Gasteiger partial charge in [-0.15, -0.1) is 0 Å². The molecule has 2 aromatic carbocycles. The molecule has 4 rings (SSSR count). The van der Waals surface area contributed by atoms with Crippen LogP contribution in [-0.4, -0.2) is 44.8 Å². The second-order valence-electron chi connectivity index (χ2n) is 10.5. The molecule has 7 nitrogen and oxygen atoms in total. The molecule has 1 unspecified atom stereocenters. The highest BCUT2D eigenvalue weighted by Crippen LogP contribution is 2.33. The molecular weight excluding hydrogens is 523 g/mol. The van der Waals surface area contributed by atoms with Gasteiger partial charge in [-0.1, -0.05) is 25.5 Å². The minimum Gasteiger partial charge on any atom is -0.486 e. The van der Waals surface area contributed by atoms with Gasteiger partial charge in [0.05, 0.1) is 17.4 Å². The SMILES string of the molecule is CCC[C@H](Oc1cc(C)c(-n2cc(C(F)(F)F)cn2)c(C)c1)c1ccc(C(=O)N2CCCC(CC(=O)O)C2)cc1. The molecule has 0 aliphatic carbocycles. The van der Waals surface area contributed by atoms with Crippen LogP contribution in [0.15, 0.2) is 48.8 Å². The van der Waals surface area contributed by atoms with Crippen LogP contribution in [0, 0.1) is 19.8 Å². The van der Waals surface area contributed by atoms with E-state index in [4.69, 9.17) is 9.84 Å². The lowest BCUT2D eigenvalue weighted by Crippen LogP contribution is -2.40. The monoisotopic (exact) mass is 557 g/mol. The highest BCUT2D eigenvalue weighted by atomic mass is 19.4. The van der Waals surface area contributed by atoms with E-state index in [9.17, 15) is 22.8 Å². The third kappa shape index (κ3) is 6.84. The fourth-order valence-electron chi connectivity index (χ4n) is 5.34. The number of likely N-dealkylation sites (tertiary alicyclic amines) is 1. The van der Waals surface area contributed by atoms with Crippen molar-refractivity contribution in [3.8, 4) is 11.4 Å². The van der Waals surface area contributed by atoms with Gasteiger partial charge in [-0.3, -0.25) is 9.59 Å². The number of rotatable bonds is 9. The number of amides is 1. The van der Waals surface area contributed by atoms with Gasteiger partial charge in [-0.25, -0.2) is 4.68 Å². The smallest absolute Gasteiger partial charge is 0.419 e. The fraction of sp³-hybridized carbons (Fsp3) is 0.433. The van der Waals surface area contributed by atoms with Gasteiger partial charge in [0.25, 0.3) is 5.91 Å². The largest absolute Gasteiger partial charge is 0.486 e. The first-order valence-electron chi connectivity index (χ1n) is 13.5. The lowest BCUT2D eigenvalue weighted by molar-refractivity contribution is -0.139. The first-order chi connectivity index (χ1) is 19.0. The zero-order valence-corrected chi connectivity index (χ0v) is 22.9. The van der Waals surface area contributed by atoms with Crippen LogP contribution in [0.2, 0.25) is 0 Å². The van der Waals surface area contributed by atoms with E-state index >= 15 is 0 Å². The number of ether oxygens (including phenoxy) is 1. The molecule has 1 N–H and O–H groups in total. The third-order valence-electron chi connectivity index (χ3n) is 7.23. The Morgan fingerprint density at radius 1 is 1.15 bits per heavy atom. The quantitative estimate of drug-likeness (QED) is 0.314. The van der Waals surface area contributed by atoms with Gasteiger partial charge in [-0.2, -0.15) is 18.3 Å². The van der Waals surface area contributed by atoms with Crippen LogP contribution in [0.25, 0.3) is 5.69 Å². The summed E-state index contributed by atoms with van der Waals surface area (Å²) in [5.74, 6) is -0.389. The molecule has 1 aliphatic heterocycles. The number of carbonyl (C=O) groups excluding carboxylic acids is 1. The maximum absolute atomic E-state index is 13.1. The van der Waals surface area contributed by atoms with Crippen LogP contribution in [-0.2, 0) is 11.0 Å². The van der Waals surface area contributed by atoms with Crippen LogP contribution in [0.3, 0.4) is 0 Å². The summed E-state index contributed by atoms with van der Waals surface area (Å²) in [6, 6.07) is 10.9. The number of alkyl halides is 3. The summed E-state index contributed by atoms with van der Waals surface area (Å²) in [6.45, 7) is 6.72. The molecule has 0 bridgehead atoms. The van der Waals surface area contributed by atoms with Gasteiger partial charge in [0, 0.05) is 31.3 Å². The van der Waals surface area contributed by atoms with E-state index in [1.54, 1.807) is 43.0 Å². The van der Waals surface area contributed by atoms with Crippen LogP contribution in [0.4, 0.5) is 13.2 Å². The van der Waals surface area contributed by atoms with Gasteiger partial charge in [0.15, 0.2) is 0 Å². The minimum absolute atomic E-state index is 0.0323. The van der Waals surface area contributed by atoms with E-state index in [-0.39, 0.29) is 24.3 Å². The second-order valence-corrected chi connectivity index (χ2v) is 10.5. The Hall–Kier alpha value is -3.82. The highest BCUT2D eigenvalue weighted by molar-refractivity contribution is 5.94. The van der Waals surface area contributed by atoms with Crippen molar-refractivity contribution in [2.75, 3.05) is 13.1 Å². The molecule has 0 spiro atoms. The van der Waals surface area contributed by atoms with E-state index in [1.165, 1.54) is 4.68 Å². The maximum atomic E-state index is 13.1. The number of hydrogen-bond acceptors (Lipinski definition) is 4. The molecule has 2 heterocycles. The second kappa shape index (κ2) is 12.1. The number of piperidine rings is 1. The Morgan fingerprint density at radius 3 is 2.40 bits per heavy atom. The predicted octanol–water partition coefficient (Wildman–Crippen LogP) is 6.76. The van der Waals surface area contributed by atoms with E-state index in [1.807, 2.05) is 19.1 Å². The Balaban J connectivity index is 1.49. The summed E-state index contributed by atoms with van der Waals surface area (Å²) < 4.78 is 46.8. The van der Waals surface area contributed by atoms with Crippen molar-refractivity contribution in [3.63, 3.8) is 0 Å². The fourth-order valence-corrected chi connectivity index (χ4v) is 5.34.